The summed E-state index contributed by atoms with van der Waals surface area (Å²) in [7, 11) is 0. The van der Waals surface area contributed by atoms with E-state index in [9.17, 15) is 0 Å². The first kappa shape index (κ1) is 18.0. The van der Waals surface area contributed by atoms with Crippen LogP contribution in [0.5, 0.6) is 5.75 Å². The van der Waals surface area contributed by atoms with Gasteiger partial charge < -0.3 is 10.5 Å². The SMILES string of the molecule is CCCCCCCCCCOc1ccc(C)nc1CCN. The predicted octanol–water partition coefficient (Wildman–Crippen LogP) is 4.41. The van der Waals surface area contributed by atoms with Gasteiger partial charge in [-0.05, 0) is 32.0 Å². The van der Waals surface area contributed by atoms with E-state index in [1.165, 1.54) is 44.9 Å². The molecule has 0 saturated heterocycles. The van der Waals surface area contributed by atoms with Crippen molar-refractivity contribution in [2.45, 2.75) is 71.6 Å². The van der Waals surface area contributed by atoms with Crippen LogP contribution in [0.15, 0.2) is 12.1 Å². The average molecular weight is 292 g/mol. The van der Waals surface area contributed by atoms with Crippen LogP contribution >= 0.6 is 0 Å². The Morgan fingerprint density at radius 3 is 2.33 bits per heavy atom. The lowest BCUT2D eigenvalue weighted by molar-refractivity contribution is 0.299. The number of unbranched alkanes of at least 4 members (excludes halogenated alkanes) is 7. The molecule has 0 aromatic carbocycles. The van der Waals surface area contributed by atoms with E-state index in [-0.39, 0.29) is 0 Å². The van der Waals surface area contributed by atoms with Crippen LogP contribution in [0.3, 0.4) is 0 Å². The molecule has 3 nitrogen and oxygen atoms in total. The van der Waals surface area contributed by atoms with Gasteiger partial charge in [0.05, 0.1) is 12.3 Å². The minimum absolute atomic E-state index is 0.616. The number of nitrogens with two attached hydrogens (primary N) is 1. The standard InChI is InChI=1S/C18H32N2O/c1-3-4-5-6-7-8-9-10-15-21-18-12-11-16(2)20-17(18)13-14-19/h11-12H,3-10,13-15,19H2,1-2H3. The molecule has 0 aliphatic rings. The fourth-order valence-corrected chi connectivity index (χ4v) is 2.46. The smallest absolute Gasteiger partial charge is 0.140 e. The van der Waals surface area contributed by atoms with Gasteiger partial charge in [0.15, 0.2) is 0 Å². The molecule has 0 aliphatic carbocycles. The van der Waals surface area contributed by atoms with Gasteiger partial charge in [0, 0.05) is 12.1 Å². The van der Waals surface area contributed by atoms with Crippen LogP contribution < -0.4 is 10.5 Å². The number of rotatable bonds is 12. The summed E-state index contributed by atoms with van der Waals surface area (Å²) in [6.45, 7) is 5.67. The van der Waals surface area contributed by atoms with Crippen molar-refractivity contribution in [3.05, 3.63) is 23.5 Å². The molecule has 0 aliphatic heterocycles. The van der Waals surface area contributed by atoms with Crippen LogP contribution in [0.4, 0.5) is 0 Å². The van der Waals surface area contributed by atoms with Crippen LogP contribution in [0.1, 0.15) is 69.7 Å². The van der Waals surface area contributed by atoms with E-state index in [4.69, 9.17) is 10.5 Å². The van der Waals surface area contributed by atoms with E-state index < -0.39 is 0 Å². The zero-order valence-electron chi connectivity index (χ0n) is 13.9. The van der Waals surface area contributed by atoms with Crippen molar-refractivity contribution in [2.75, 3.05) is 13.2 Å². The number of hydrogen-bond acceptors (Lipinski definition) is 3. The van der Waals surface area contributed by atoms with Crippen LogP contribution in [-0.4, -0.2) is 18.1 Å². The van der Waals surface area contributed by atoms with Crippen molar-refractivity contribution in [3.63, 3.8) is 0 Å². The Hall–Kier alpha value is -1.09. The summed E-state index contributed by atoms with van der Waals surface area (Å²) >= 11 is 0. The monoisotopic (exact) mass is 292 g/mol. The molecule has 21 heavy (non-hydrogen) atoms. The molecular weight excluding hydrogens is 260 g/mol. The fourth-order valence-electron chi connectivity index (χ4n) is 2.46. The number of pyridine rings is 1. The molecule has 0 amide bonds. The summed E-state index contributed by atoms with van der Waals surface area (Å²) in [4.78, 5) is 4.51. The third-order valence-corrected chi connectivity index (χ3v) is 3.71. The van der Waals surface area contributed by atoms with Gasteiger partial charge in [-0.1, -0.05) is 51.9 Å². The zero-order valence-corrected chi connectivity index (χ0v) is 13.9. The van der Waals surface area contributed by atoms with E-state index in [2.05, 4.69) is 11.9 Å². The van der Waals surface area contributed by atoms with E-state index in [0.717, 1.165) is 36.6 Å². The average Bonchev–Trinajstić information content (AvgIpc) is 2.48. The Balaban J connectivity index is 2.15. The molecule has 1 aromatic heterocycles. The van der Waals surface area contributed by atoms with Crippen molar-refractivity contribution < 1.29 is 4.74 Å². The molecule has 1 aromatic rings. The molecule has 120 valence electrons. The quantitative estimate of drug-likeness (QED) is 0.580. The van der Waals surface area contributed by atoms with Crippen LogP contribution in [0.2, 0.25) is 0 Å². The van der Waals surface area contributed by atoms with E-state index in [1.807, 2.05) is 19.1 Å². The van der Waals surface area contributed by atoms with E-state index in [1.54, 1.807) is 0 Å². The molecule has 2 N–H and O–H groups in total. The van der Waals surface area contributed by atoms with Gasteiger partial charge in [-0.25, -0.2) is 0 Å². The molecule has 0 spiro atoms. The lowest BCUT2D eigenvalue weighted by Crippen LogP contribution is -2.08. The van der Waals surface area contributed by atoms with Gasteiger partial charge >= 0.3 is 0 Å². The maximum Gasteiger partial charge on any atom is 0.140 e. The maximum atomic E-state index is 5.87. The predicted molar refractivity (Wildman–Crippen MR) is 89.8 cm³/mol. The molecule has 0 radical (unpaired) electrons. The molecule has 1 heterocycles. The molecule has 3 heteroatoms. The van der Waals surface area contributed by atoms with Crippen molar-refractivity contribution in [3.8, 4) is 5.75 Å². The highest BCUT2D eigenvalue weighted by Gasteiger charge is 2.05. The molecule has 0 unspecified atom stereocenters. The first-order chi connectivity index (χ1) is 10.3. The third kappa shape index (κ3) is 8.05. The van der Waals surface area contributed by atoms with Gasteiger partial charge in [0.1, 0.15) is 5.75 Å². The number of aryl methyl sites for hydroxylation is 1. The number of ether oxygens (including phenoxy) is 1. The van der Waals surface area contributed by atoms with Gasteiger partial charge in [0.25, 0.3) is 0 Å². The second-order valence-corrected chi connectivity index (χ2v) is 5.76. The summed E-state index contributed by atoms with van der Waals surface area (Å²) < 4.78 is 5.87. The molecule has 0 bridgehead atoms. The summed E-state index contributed by atoms with van der Waals surface area (Å²) in [6.07, 6.45) is 11.4. The Kier molecular flexibility index (Phi) is 9.88. The molecule has 0 saturated carbocycles. The fraction of sp³-hybridized carbons (Fsp3) is 0.722. The number of hydrogen-bond donors (Lipinski definition) is 1. The van der Waals surface area contributed by atoms with Crippen molar-refractivity contribution >= 4 is 0 Å². The molecule has 1 rings (SSSR count). The Labute approximate surface area is 130 Å². The molecule has 0 atom stereocenters. The lowest BCUT2D eigenvalue weighted by atomic mass is 10.1. The van der Waals surface area contributed by atoms with E-state index >= 15 is 0 Å². The van der Waals surface area contributed by atoms with Gasteiger partial charge in [-0.2, -0.15) is 0 Å². The van der Waals surface area contributed by atoms with Crippen LogP contribution in [0, 0.1) is 6.92 Å². The summed E-state index contributed by atoms with van der Waals surface area (Å²) in [5.74, 6) is 0.911. The largest absolute Gasteiger partial charge is 0.492 e. The Morgan fingerprint density at radius 2 is 1.67 bits per heavy atom. The summed E-state index contributed by atoms with van der Waals surface area (Å²) in [5.41, 5.74) is 7.65. The first-order valence-electron chi connectivity index (χ1n) is 8.57. The lowest BCUT2D eigenvalue weighted by Gasteiger charge is -2.11. The first-order valence-corrected chi connectivity index (χ1v) is 8.57. The maximum absolute atomic E-state index is 5.87. The van der Waals surface area contributed by atoms with Crippen LogP contribution in [-0.2, 0) is 6.42 Å². The topological polar surface area (TPSA) is 48.1 Å². The van der Waals surface area contributed by atoms with Gasteiger partial charge in [-0.15, -0.1) is 0 Å². The summed E-state index contributed by atoms with van der Waals surface area (Å²) in [5, 5.41) is 0. The van der Waals surface area contributed by atoms with Gasteiger partial charge in [-0.3, -0.25) is 4.98 Å². The minimum Gasteiger partial charge on any atom is -0.492 e. The minimum atomic E-state index is 0.616. The molecular formula is C18H32N2O. The van der Waals surface area contributed by atoms with Crippen molar-refractivity contribution in [1.29, 1.82) is 0 Å². The third-order valence-electron chi connectivity index (χ3n) is 3.71. The highest BCUT2D eigenvalue weighted by atomic mass is 16.5. The molecule has 0 fully saturated rings. The van der Waals surface area contributed by atoms with Gasteiger partial charge in [0.2, 0.25) is 0 Å². The normalized spacial score (nSPS) is 10.8. The van der Waals surface area contributed by atoms with Crippen molar-refractivity contribution in [1.82, 2.24) is 4.98 Å². The second kappa shape index (κ2) is 11.6. The van der Waals surface area contributed by atoms with Crippen LogP contribution in [0.25, 0.3) is 0 Å². The number of nitrogens with zero attached hydrogens (tertiary/aromatic N) is 1. The van der Waals surface area contributed by atoms with Crippen molar-refractivity contribution in [2.24, 2.45) is 5.73 Å². The summed E-state index contributed by atoms with van der Waals surface area (Å²) in [6, 6.07) is 4.03. The zero-order chi connectivity index (χ0) is 15.3. The highest BCUT2D eigenvalue weighted by molar-refractivity contribution is 5.29. The Morgan fingerprint density at radius 1 is 1.00 bits per heavy atom. The highest BCUT2D eigenvalue weighted by Crippen LogP contribution is 2.18. The van der Waals surface area contributed by atoms with E-state index in [0.29, 0.717) is 6.54 Å². The Bertz CT molecular complexity index is 379. The second-order valence-electron chi connectivity index (χ2n) is 5.76. The number of aromatic nitrogens is 1.